The average molecular weight is 355 g/mol. The number of hydrogen-bond acceptors (Lipinski definition) is 7. The smallest absolute Gasteiger partial charge is 0.309 e. The standard InChI is InChI=1S/C16H13N5O3S/c1-3-10-12(4-2)25-13(18-10)8-21-16(24)9-5-6-17-19-15(9)11(20-21)7-14(22)23/h3-6H,1-2,7-8H2,(H,22,23). The van der Waals surface area contributed by atoms with E-state index >= 15 is 0 Å². The molecule has 3 aromatic heterocycles. The lowest BCUT2D eigenvalue weighted by molar-refractivity contribution is -0.136. The fourth-order valence-corrected chi connectivity index (χ4v) is 3.25. The number of rotatable bonds is 6. The van der Waals surface area contributed by atoms with Crippen molar-refractivity contribution in [2.45, 2.75) is 13.0 Å². The molecule has 3 aromatic rings. The molecule has 0 aliphatic carbocycles. The Balaban J connectivity index is 2.12. The van der Waals surface area contributed by atoms with Crippen molar-refractivity contribution in [1.82, 2.24) is 25.0 Å². The highest BCUT2D eigenvalue weighted by molar-refractivity contribution is 7.12. The molecule has 9 heteroatoms. The third-order valence-electron chi connectivity index (χ3n) is 3.41. The van der Waals surface area contributed by atoms with Crippen LogP contribution in [0.5, 0.6) is 0 Å². The minimum atomic E-state index is -1.07. The maximum Gasteiger partial charge on any atom is 0.309 e. The first-order valence-corrected chi connectivity index (χ1v) is 8.03. The number of fused-ring (bicyclic) bond motifs is 1. The van der Waals surface area contributed by atoms with Gasteiger partial charge in [-0.25, -0.2) is 9.67 Å². The molecule has 0 spiro atoms. The monoisotopic (exact) mass is 355 g/mol. The second-order valence-corrected chi connectivity index (χ2v) is 6.15. The zero-order valence-electron chi connectivity index (χ0n) is 13.0. The van der Waals surface area contributed by atoms with Crippen molar-refractivity contribution in [1.29, 1.82) is 0 Å². The van der Waals surface area contributed by atoms with Gasteiger partial charge in [0.25, 0.3) is 5.56 Å². The van der Waals surface area contributed by atoms with Crippen molar-refractivity contribution in [2.24, 2.45) is 0 Å². The molecule has 1 N–H and O–H groups in total. The first-order valence-electron chi connectivity index (χ1n) is 7.21. The van der Waals surface area contributed by atoms with Gasteiger partial charge in [-0.3, -0.25) is 9.59 Å². The number of hydrogen-bond donors (Lipinski definition) is 1. The van der Waals surface area contributed by atoms with Crippen molar-refractivity contribution in [2.75, 3.05) is 0 Å². The van der Waals surface area contributed by atoms with Gasteiger partial charge in [-0.15, -0.1) is 16.4 Å². The van der Waals surface area contributed by atoms with Crippen molar-refractivity contribution in [3.63, 3.8) is 0 Å². The zero-order chi connectivity index (χ0) is 18.0. The molecule has 3 rings (SSSR count). The number of nitrogens with zero attached hydrogens (tertiary/aromatic N) is 5. The van der Waals surface area contributed by atoms with Gasteiger partial charge in [0.1, 0.15) is 16.2 Å². The van der Waals surface area contributed by atoms with Gasteiger partial charge < -0.3 is 5.11 Å². The summed E-state index contributed by atoms with van der Waals surface area (Å²) in [7, 11) is 0. The van der Waals surface area contributed by atoms with Crippen LogP contribution < -0.4 is 5.56 Å². The minimum absolute atomic E-state index is 0.114. The summed E-state index contributed by atoms with van der Waals surface area (Å²) in [5.74, 6) is -1.07. The molecule has 25 heavy (non-hydrogen) atoms. The molecule has 3 heterocycles. The van der Waals surface area contributed by atoms with Crippen LogP contribution in [0.25, 0.3) is 23.1 Å². The summed E-state index contributed by atoms with van der Waals surface area (Å²) in [4.78, 5) is 28.9. The Morgan fingerprint density at radius 2 is 2.16 bits per heavy atom. The summed E-state index contributed by atoms with van der Waals surface area (Å²) in [6.45, 7) is 7.53. The third kappa shape index (κ3) is 3.22. The summed E-state index contributed by atoms with van der Waals surface area (Å²) >= 11 is 1.37. The van der Waals surface area contributed by atoms with Crippen LogP contribution in [0.15, 0.2) is 30.2 Å². The molecule has 0 aromatic carbocycles. The van der Waals surface area contributed by atoms with E-state index in [-0.39, 0.29) is 35.1 Å². The molecule has 0 saturated heterocycles. The maximum absolute atomic E-state index is 12.6. The fraction of sp³-hybridized carbons (Fsp3) is 0.125. The van der Waals surface area contributed by atoms with Crippen LogP contribution in [0, 0.1) is 0 Å². The molecule has 0 fully saturated rings. The Morgan fingerprint density at radius 3 is 2.80 bits per heavy atom. The Hall–Kier alpha value is -3.20. The molecule has 0 unspecified atom stereocenters. The number of carboxylic acid groups (broad SMARTS) is 1. The van der Waals surface area contributed by atoms with Gasteiger partial charge in [0.2, 0.25) is 0 Å². The summed E-state index contributed by atoms with van der Waals surface area (Å²) in [6.07, 6.45) is 4.30. The van der Waals surface area contributed by atoms with E-state index in [1.807, 2.05) is 0 Å². The van der Waals surface area contributed by atoms with E-state index in [0.717, 1.165) is 4.88 Å². The molecule has 0 aliphatic rings. The second-order valence-electron chi connectivity index (χ2n) is 5.04. The topological polar surface area (TPSA) is 111 Å². The van der Waals surface area contributed by atoms with Crippen molar-refractivity contribution in [3.8, 4) is 0 Å². The number of aromatic nitrogens is 5. The van der Waals surface area contributed by atoms with Gasteiger partial charge in [-0.05, 0) is 18.2 Å². The SMILES string of the molecule is C=Cc1nc(Cn2nc(CC(=O)O)c3nnccc3c2=O)sc1C=C. The Labute approximate surface area is 145 Å². The molecule has 0 bridgehead atoms. The number of carboxylic acids is 1. The number of carbonyl (C=O) groups is 1. The fourth-order valence-electron chi connectivity index (χ4n) is 2.34. The summed E-state index contributed by atoms with van der Waals surface area (Å²) in [6, 6.07) is 1.50. The van der Waals surface area contributed by atoms with E-state index in [4.69, 9.17) is 5.11 Å². The second kappa shape index (κ2) is 6.73. The van der Waals surface area contributed by atoms with Gasteiger partial charge in [0.15, 0.2) is 0 Å². The Bertz CT molecular complexity index is 1030. The summed E-state index contributed by atoms with van der Waals surface area (Å²) in [5.41, 5.74) is 0.679. The molecule has 126 valence electrons. The molecule has 0 aliphatic heterocycles. The highest BCUT2D eigenvalue weighted by atomic mass is 32.1. The summed E-state index contributed by atoms with van der Waals surface area (Å²) in [5, 5.41) is 21.7. The maximum atomic E-state index is 12.6. The van der Waals surface area contributed by atoms with Crippen LogP contribution in [-0.2, 0) is 17.8 Å². The van der Waals surface area contributed by atoms with Crippen molar-refractivity contribution >= 4 is 40.4 Å². The third-order valence-corrected chi connectivity index (χ3v) is 4.46. The van der Waals surface area contributed by atoms with Crippen LogP contribution in [0.1, 0.15) is 21.3 Å². The highest BCUT2D eigenvalue weighted by Crippen LogP contribution is 2.21. The average Bonchev–Trinajstić information content (AvgIpc) is 3.00. The highest BCUT2D eigenvalue weighted by Gasteiger charge is 2.16. The molecule has 0 radical (unpaired) electrons. The molecule has 0 atom stereocenters. The van der Waals surface area contributed by atoms with Crippen LogP contribution in [0.4, 0.5) is 0 Å². The van der Waals surface area contributed by atoms with Crippen LogP contribution in [0.3, 0.4) is 0 Å². The Morgan fingerprint density at radius 1 is 1.36 bits per heavy atom. The van der Waals surface area contributed by atoms with Gasteiger partial charge in [0, 0.05) is 0 Å². The van der Waals surface area contributed by atoms with Gasteiger partial charge in [-0.1, -0.05) is 13.2 Å². The molecule has 0 amide bonds. The lowest BCUT2D eigenvalue weighted by Crippen LogP contribution is -2.26. The lowest BCUT2D eigenvalue weighted by Gasteiger charge is -2.07. The Kier molecular flexibility index (Phi) is 4.48. The largest absolute Gasteiger partial charge is 0.481 e. The van der Waals surface area contributed by atoms with Crippen LogP contribution in [0.2, 0.25) is 0 Å². The summed E-state index contributed by atoms with van der Waals surface area (Å²) < 4.78 is 1.20. The first kappa shape index (κ1) is 16.7. The quantitative estimate of drug-likeness (QED) is 0.715. The number of aliphatic carboxylic acids is 1. The van der Waals surface area contributed by atoms with E-state index in [0.29, 0.717) is 10.7 Å². The first-order chi connectivity index (χ1) is 12.0. The van der Waals surface area contributed by atoms with E-state index in [1.165, 1.54) is 28.3 Å². The van der Waals surface area contributed by atoms with Crippen molar-refractivity contribution in [3.05, 3.63) is 57.0 Å². The van der Waals surface area contributed by atoms with E-state index in [9.17, 15) is 9.59 Å². The van der Waals surface area contributed by atoms with E-state index in [2.05, 4.69) is 33.4 Å². The normalized spacial score (nSPS) is 10.7. The van der Waals surface area contributed by atoms with Gasteiger partial charge in [-0.2, -0.15) is 10.2 Å². The molecular formula is C16H13N5O3S. The van der Waals surface area contributed by atoms with Crippen LogP contribution >= 0.6 is 11.3 Å². The van der Waals surface area contributed by atoms with Gasteiger partial charge >= 0.3 is 5.97 Å². The lowest BCUT2D eigenvalue weighted by atomic mass is 10.2. The molecule has 8 nitrogen and oxygen atoms in total. The van der Waals surface area contributed by atoms with Crippen LogP contribution in [-0.4, -0.2) is 36.0 Å². The molecular weight excluding hydrogens is 342 g/mol. The van der Waals surface area contributed by atoms with E-state index in [1.54, 1.807) is 12.2 Å². The predicted molar refractivity (Wildman–Crippen MR) is 94.3 cm³/mol. The number of thiazole rings is 1. The zero-order valence-corrected chi connectivity index (χ0v) is 13.9. The van der Waals surface area contributed by atoms with Gasteiger partial charge in [0.05, 0.1) is 35.1 Å². The molecule has 0 saturated carbocycles. The minimum Gasteiger partial charge on any atom is -0.481 e. The van der Waals surface area contributed by atoms with Crippen molar-refractivity contribution < 1.29 is 9.90 Å². The van der Waals surface area contributed by atoms with E-state index < -0.39 is 5.97 Å². The predicted octanol–water partition coefficient (Wildman–Crippen LogP) is 1.60.